The number of ketones is 1. The fourth-order valence-corrected chi connectivity index (χ4v) is 4.05. The summed E-state index contributed by atoms with van der Waals surface area (Å²) in [5.41, 5.74) is 1.88. The van der Waals surface area contributed by atoms with Crippen molar-refractivity contribution in [1.29, 1.82) is 0 Å². The lowest BCUT2D eigenvalue weighted by molar-refractivity contribution is -0.132. The number of urea groups is 1. The summed E-state index contributed by atoms with van der Waals surface area (Å²) in [6.45, 7) is 6.04. The topological polar surface area (TPSA) is 66.5 Å². The Morgan fingerprint density at radius 3 is 2.50 bits per heavy atom. The van der Waals surface area contributed by atoms with Gasteiger partial charge in [-0.15, -0.1) is 0 Å². The van der Waals surface area contributed by atoms with Gasteiger partial charge in [0, 0.05) is 5.56 Å². The molecular weight excluding hydrogens is 328 g/mol. The maximum atomic E-state index is 12.9. The van der Waals surface area contributed by atoms with Crippen LogP contribution in [-0.4, -0.2) is 34.7 Å². The lowest BCUT2D eigenvalue weighted by Crippen LogP contribution is -2.49. The maximum absolute atomic E-state index is 12.9. The first-order valence-electron chi connectivity index (χ1n) is 9.69. The van der Waals surface area contributed by atoms with Crippen LogP contribution in [0.25, 0.3) is 0 Å². The van der Waals surface area contributed by atoms with E-state index in [0.717, 1.165) is 41.7 Å². The van der Waals surface area contributed by atoms with Gasteiger partial charge in [-0.25, -0.2) is 4.79 Å². The summed E-state index contributed by atoms with van der Waals surface area (Å²) >= 11 is 0. The number of imide groups is 1. The highest BCUT2D eigenvalue weighted by molar-refractivity contribution is 6.11. The Bertz CT molecular complexity index is 733. The number of Topliss-reactive ketones (excluding diaryl/α,β-unsaturated/α-hetero) is 1. The van der Waals surface area contributed by atoms with Crippen molar-refractivity contribution in [2.45, 2.75) is 64.8 Å². The SMILES string of the molecule is CCc1ccc(CC)c(C(=O)CN2C(=O)NC3(CCC(C)CC3)C2=O)c1. The molecule has 2 aliphatic rings. The van der Waals surface area contributed by atoms with Crippen molar-refractivity contribution >= 4 is 17.7 Å². The lowest BCUT2D eigenvalue weighted by atomic mass is 9.77. The van der Waals surface area contributed by atoms with Crippen molar-refractivity contribution in [3.63, 3.8) is 0 Å². The van der Waals surface area contributed by atoms with Crippen LogP contribution in [0, 0.1) is 5.92 Å². The van der Waals surface area contributed by atoms with E-state index in [1.165, 1.54) is 0 Å². The Kier molecular flexibility index (Phi) is 5.17. The number of benzene rings is 1. The number of hydrogen-bond acceptors (Lipinski definition) is 3. The van der Waals surface area contributed by atoms with Crippen LogP contribution < -0.4 is 5.32 Å². The van der Waals surface area contributed by atoms with Gasteiger partial charge in [0.1, 0.15) is 5.54 Å². The van der Waals surface area contributed by atoms with Crippen molar-refractivity contribution in [3.8, 4) is 0 Å². The van der Waals surface area contributed by atoms with E-state index in [-0.39, 0.29) is 18.2 Å². The minimum absolute atomic E-state index is 0.165. The van der Waals surface area contributed by atoms with Gasteiger partial charge in [0.05, 0.1) is 6.54 Å². The second kappa shape index (κ2) is 7.22. The van der Waals surface area contributed by atoms with Crippen molar-refractivity contribution in [3.05, 3.63) is 34.9 Å². The largest absolute Gasteiger partial charge is 0.325 e. The first-order valence-corrected chi connectivity index (χ1v) is 9.69. The van der Waals surface area contributed by atoms with Gasteiger partial charge in [-0.1, -0.05) is 32.9 Å². The molecule has 5 heteroatoms. The van der Waals surface area contributed by atoms with Crippen LogP contribution in [0.5, 0.6) is 0 Å². The van der Waals surface area contributed by atoms with Gasteiger partial charge in [-0.2, -0.15) is 0 Å². The van der Waals surface area contributed by atoms with Crippen molar-refractivity contribution in [1.82, 2.24) is 10.2 Å². The van der Waals surface area contributed by atoms with Crippen LogP contribution in [-0.2, 0) is 17.6 Å². The summed E-state index contributed by atoms with van der Waals surface area (Å²) < 4.78 is 0. The highest BCUT2D eigenvalue weighted by Gasteiger charge is 2.52. The average molecular weight is 356 g/mol. The summed E-state index contributed by atoms with van der Waals surface area (Å²) in [4.78, 5) is 39.4. The molecule has 0 radical (unpaired) electrons. The second-order valence-corrected chi connectivity index (χ2v) is 7.71. The lowest BCUT2D eigenvalue weighted by Gasteiger charge is -2.33. The van der Waals surface area contributed by atoms with E-state index < -0.39 is 11.6 Å². The van der Waals surface area contributed by atoms with Gasteiger partial charge in [-0.3, -0.25) is 14.5 Å². The van der Waals surface area contributed by atoms with Crippen LogP contribution in [0.4, 0.5) is 4.79 Å². The third-order valence-corrected chi connectivity index (χ3v) is 5.94. The molecule has 5 nitrogen and oxygen atoms in total. The monoisotopic (exact) mass is 356 g/mol. The molecule has 1 saturated carbocycles. The molecule has 1 aromatic rings. The molecule has 1 N–H and O–H groups in total. The van der Waals surface area contributed by atoms with E-state index in [4.69, 9.17) is 0 Å². The molecule has 0 bridgehead atoms. The van der Waals surface area contributed by atoms with Gasteiger partial charge in [-0.05, 0) is 61.6 Å². The third kappa shape index (κ3) is 3.27. The van der Waals surface area contributed by atoms with Gasteiger partial charge in [0.2, 0.25) is 0 Å². The quantitative estimate of drug-likeness (QED) is 0.649. The molecule has 2 fully saturated rings. The fraction of sp³-hybridized carbons (Fsp3) is 0.571. The molecule has 26 heavy (non-hydrogen) atoms. The summed E-state index contributed by atoms with van der Waals surface area (Å²) in [5, 5.41) is 2.88. The molecule has 3 amide bonds. The Hall–Kier alpha value is -2.17. The molecule has 1 aromatic carbocycles. The molecule has 3 rings (SSSR count). The van der Waals surface area contributed by atoms with Gasteiger partial charge < -0.3 is 5.32 Å². The first-order chi connectivity index (χ1) is 12.4. The smallest absolute Gasteiger partial charge is 0.323 e. The Labute approximate surface area is 155 Å². The molecule has 0 aromatic heterocycles. The highest BCUT2D eigenvalue weighted by Crippen LogP contribution is 2.36. The number of nitrogens with one attached hydrogen (secondary N) is 1. The highest BCUT2D eigenvalue weighted by atomic mass is 16.2. The average Bonchev–Trinajstić information content (AvgIpc) is 2.87. The zero-order valence-electron chi connectivity index (χ0n) is 15.9. The van der Waals surface area contributed by atoms with Crippen molar-refractivity contribution in [2.75, 3.05) is 6.54 Å². The first kappa shape index (κ1) is 18.6. The number of nitrogens with zero attached hydrogens (tertiary/aromatic N) is 1. The molecule has 140 valence electrons. The molecule has 0 atom stereocenters. The zero-order valence-corrected chi connectivity index (χ0v) is 15.9. The number of carbonyl (C=O) groups is 3. The predicted molar refractivity (Wildman–Crippen MR) is 100 cm³/mol. The van der Waals surface area contributed by atoms with E-state index in [0.29, 0.717) is 24.3 Å². The number of amides is 3. The van der Waals surface area contributed by atoms with E-state index in [1.807, 2.05) is 32.0 Å². The fourth-order valence-electron chi connectivity index (χ4n) is 4.05. The number of aryl methyl sites for hydroxylation is 2. The van der Waals surface area contributed by atoms with Crippen LogP contribution in [0.1, 0.15) is 67.9 Å². The van der Waals surface area contributed by atoms with E-state index in [1.54, 1.807) is 0 Å². The van der Waals surface area contributed by atoms with E-state index >= 15 is 0 Å². The van der Waals surface area contributed by atoms with Crippen molar-refractivity contribution < 1.29 is 14.4 Å². The summed E-state index contributed by atoms with van der Waals surface area (Å²) in [7, 11) is 0. The third-order valence-electron chi connectivity index (χ3n) is 5.94. The standard InChI is InChI=1S/C21H28N2O3/c1-4-15-6-7-16(5-2)17(12-15)18(24)13-23-19(25)21(22-20(23)26)10-8-14(3)9-11-21/h6-7,12,14H,4-5,8-11,13H2,1-3H3,(H,22,26). The van der Waals surface area contributed by atoms with E-state index in [9.17, 15) is 14.4 Å². The molecule has 0 unspecified atom stereocenters. The summed E-state index contributed by atoms with van der Waals surface area (Å²) in [6, 6.07) is 5.48. The summed E-state index contributed by atoms with van der Waals surface area (Å²) in [5.74, 6) is 0.180. The van der Waals surface area contributed by atoms with Crippen LogP contribution in [0.2, 0.25) is 0 Å². The van der Waals surface area contributed by atoms with Crippen LogP contribution in [0.3, 0.4) is 0 Å². The van der Waals surface area contributed by atoms with Gasteiger partial charge >= 0.3 is 6.03 Å². The Morgan fingerprint density at radius 1 is 1.19 bits per heavy atom. The minimum atomic E-state index is -0.789. The molecule has 1 aliphatic carbocycles. The van der Waals surface area contributed by atoms with Gasteiger partial charge in [0.25, 0.3) is 5.91 Å². The van der Waals surface area contributed by atoms with Crippen molar-refractivity contribution in [2.24, 2.45) is 5.92 Å². The molecule has 1 heterocycles. The summed E-state index contributed by atoms with van der Waals surface area (Å²) in [6.07, 6.45) is 4.75. The Morgan fingerprint density at radius 2 is 1.88 bits per heavy atom. The molecule has 1 spiro atoms. The number of rotatable bonds is 5. The normalized spacial score (nSPS) is 25.7. The number of carbonyl (C=O) groups excluding carboxylic acids is 3. The number of hydrogen-bond donors (Lipinski definition) is 1. The minimum Gasteiger partial charge on any atom is -0.323 e. The van der Waals surface area contributed by atoms with E-state index in [2.05, 4.69) is 12.2 Å². The Balaban J connectivity index is 1.80. The molecule has 1 saturated heterocycles. The maximum Gasteiger partial charge on any atom is 0.325 e. The van der Waals surface area contributed by atoms with Crippen LogP contribution >= 0.6 is 0 Å². The van der Waals surface area contributed by atoms with Crippen LogP contribution in [0.15, 0.2) is 18.2 Å². The predicted octanol–water partition coefficient (Wildman–Crippen LogP) is 3.49. The second-order valence-electron chi connectivity index (χ2n) is 7.71. The van der Waals surface area contributed by atoms with Gasteiger partial charge in [0.15, 0.2) is 5.78 Å². The zero-order chi connectivity index (χ0) is 18.9. The molecular formula is C21H28N2O3. The molecule has 1 aliphatic heterocycles.